The topological polar surface area (TPSA) is 92.9 Å². The van der Waals surface area contributed by atoms with Crippen molar-refractivity contribution in [3.05, 3.63) is 23.0 Å². The van der Waals surface area contributed by atoms with E-state index >= 15 is 0 Å². The Hall–Kier alpha value is -1.96. The van der Waals surface area contributed by atoms with Crippen molar-refractivity contribution in [2.45, 2.75) is 25.3 Å². The molecule has 19 heavy (non-hydrogen) atoms. The Morgan fingerprint density at radius 1 is 1.63 bits per heavy atom. The number of carboxylic acids is 1. The zero-order valence-corrected chi connectivity index (χ0v) is 10.9. The second-order valence-electron chi connectivity index (χ2n) is 4.35. The van der Waals surface area contributed by atoms with Gasteiger partial charge in [0.05, 0.1) is 18.4 Å². The van der Waals surface area contributed by atoms with Crippen molar-refractivity contribution in [3.8, 4) is 0 Å². The van der Waals surface area contributed by atoms with Crippen LogP contribution in [0.25, 0.3) is 0 Å². The lowest BCUT2D eigenvalue weighted by Gasteiger charge is -2.03. The second-order valence-corrected chi connectivity index (χ2v) is 5.43. The quantitative estimate of drug-likeness (QED) is 0.847. The lowest BCUT2D eigenvalue weighted by molar-refractivity contribution is -0.138. The third-order valence-electron chi connectivity index (χ3n) is 3.10. The Bertz CT molecular complexity index is 580. The first kappa shape index (κ1) is 12.1. The number of hydrogen-bond acceptors (Lipinski definition) is 6. The molecule has 0 saturated carbocycles. The Morgan fingerprint density at radius 3 is 3.26 bits per heavy atom. The van der Waals surface area contributed by atoms with Gasteiger partial charge in [-0.2, -0.15) is 0 Å². The molecular weight excluding hydrogens is 266 g/mol. The van der Waals surface area contributed by atoms with Crippen LogP contribution >= 0.6 is 11.3 Å². The number of aliphatic carboxylic acids is 1. The lowest BCUT2D eigenvalue weighted by Crippen LogP contribution is -2.12. The van der Waals surface area contributed by atoms with Crippen molar-refractivity contribution in [3.63, 3.8) is 0 Å². The first-order valence-corrected chi connectivity index (χ1v) is 6.86. The molecule has 2 aromatic heterocycles. The summed E-state index contributed by atoms with van der Waals surface area (Å²) in [4.78, 5) is 16.6. The number of nitrogens with one attached hydrogen (secondary N) is 1. The van der Waals surface area contributed by atoms with E-state index in [2.05, 4.69) is 20.6 Å². The zero-order chi connectivity index (χ0) is 13.2. The van der Waals surface area contributed by atoms with Crippen LogP contribution in [0.15, 0.2) is 12.4 Å². The Kier molecular flexibility index (Phi) is 3.16. The molecule has 100 valence electrons. The molecule has 1 unspecified atom stereocenters. The molecule has 2 N–H and O–H groups in total. The van der Waals surface area contributed by atoms with Crippen molar-refractivity contribution >= 4 is 22.4 Å². The predicted octanol–water partition coefficient (Wildman–Crippen LogP) is 0.961. The van der Waals surface area contributed by atoms with Crippen LogP contribution in [-0.2, 0) is 17.8 Å². The summed E-state index contributed by atoms with van der Waals surface area (Å²) in [6.45, 7) is 1.39. The molecule has 1 aliphatic rings. The molecular formula is C11H13N5O2S. The normalized spacial score (nSPS) is 17.4. The highest BCUT2D eigenvalue weighted by Crippen LogP contribution is 2.38. The van der Waals surface area contributed by atoms with Crippen molar-refractivity contribution in [1.29, 1.82) is 0 Å². The molecule has 7 nitrogen and oxygen atoms in total. The maximum absolute atomic E-state index is 11.1. The van der Waals surface area contributed by atoms with Crippen LogP contribution in [0.3, 0.4) is 0 Å². The SMILES string of the molecule is O=C(O)C1CCc2sc(NCCn3ccnn3)nc21. The monoisotopic (exact) mass is 279 g/mol. The molecule has 0 fully saturated rings. The summed E-state index contributed by atoms with van der Waals surface area (Å²) in [5.41, 5.74) is 0.737. The number of aryl methyl sites for hydroxylation is 1. The fraction of sp³-hybridized carbons (Fsp3) is 0.455. The third kappa shape index (κ3) is 2.43. The fourth-order valence-corrected chi connectivity index (χ4v) is 3.24. The largest absolute Gasteiger partial charge is 0.481 e. The van der Waals surface area contributed by atoms with Gasteiger partial charge < -0.3 is 10.4 Å². The van der Waals surface area contributed by atoms with E-state index in [0.717, 1.165) is 22.1 Å². The lowest BCUT2D eigenvalue weighted by atomic mass is 10.1. The molecule has 3 rings (SSSR count). The molecule has 2 aromatic rings. The minimum Gasteiger partial charge on any atom is -0.481 e. The number of carbonyl (C=O) groups is 1. The van der Waals surface area contributed by atoms with Crippen molar-refractivity contribution in [1.82, 2.24) is 20.0 Å². The zero-order valence-electron chi connectivity index (χ0n) is 10.1. The number of aromatic nitrogens is 4. The van der Waals surface area contributed by atoms with Gasteiger partial charge in [-0.25, -0.2) is 4.98 Å². The molecule has 1 aliphatic carbocycles. The van der Waals surface area contributed by atoms with Gasteiger partial charge in [-0.3, -0.25) is 9.48 Å². The first-order valence-electron chi connectivity index (χ1n) is 6.04. The average Bonchev–Trinajstić information content (AvgIpc) is 3.03. The van der Waals surface area contributed by atoms with Gasteiger partial charge in [0.15, 0.2) is 5.13 Å². The van der Waals surface area contributed by atoms with Crippen molar-refractivity contribution in [2.24, 2.45) is 0 Å². The molecule has 0 radical (unpaired) electrons. The predicted molar refractivity (Wildman–Crippen MR) is 69.3 cm³/mol. The van der Waals surface area contributed by atoms with Crippen LogP contribution in [0.4, 0.5) is 5.13 Å². The van der Waals surface area contributed by atoms with E-state index < -0.39 is 11.9 Å². The Morgan fingerprint density at radius 2 is 2.53 bits per heavy atom. The van der Waals surface area contributed by atoms with E-state index in [9.17, 15) is 4.79 Å². The van der Waals surface area contributed by atoms with E-state index in [0.29, 0.717) is 19.5 Å². The molecule has 8 heteroatoms. The molecule has 2 heterocycles. The highest BCUT2D eigenvalue weighted by Gasteiger charge is 2.32. The van der Waals surface area contributed by atoms with Gasteiger partial charge in [0.25, 0.3) is 0 Å². The minimum atomic E-state index is -0.779. The van der Waals surface area contributed by atoms with Gasteiger partial charge in [0.2, 0.25) is 0 Å². The van der Waals surface area contributed by atoms with Gasteiger partial charge in [-0.1, -0.05) is 5.21 Å². The van der Waals surface area contributed by atoms with E-state index in [1.165, 1.54) is 0 Å². The van der Waals surface area contributed by atoms with E-state index in [-0.39, 0.29) is 0 Å². The summed E-state index contributed by atoms with van der Waals surface area (Å²) in [5, 5.41) is 20.7. The minimum absolute atomic E-state index is 0.433. The third-order valence-corrected chi connectivity index (χ3v) is 4.19. The van der Waals surface area contributed by atoms with E-state index in [1.54, 1.807) is 28.4 Å². The van der Waals surface area contributed by atoms with Crippen molar-refractivity contribution < 1.29 is 9.90 Å². The van der Waals surface area contributed by atoms with Gasteiger partial charge in [0, 0.05) is 17.6 Å². The maximum atomic E-state index is 11.1. The second kappa shape index (κ2) is 4.96. The van der Waals surface area contributed by atoms with E-state index in [4.69, 9.17) is 5.11 Å². The molecule has 0 spiro atoms. The summed E-state index contributed by atoms with van der Waals surface area (Å²) < 4.78 is 1.73. The van der Waals surface area contributed by atoms with Crippen LogP contribution < -0.4 is 5.32 Å². The fourth-order valence-electron chi connectivity index (χ4n) is 2.17. The van der Waals surface area contributed by atoms with Gasteiger partial charge >= 0.3 is 5.97 Å². The van der Waals surface area contributed by atoms with Crippen LogP contribution in [0, 0.1) is 0 Å². The number of rotatable bonds is 5. The summed E-state index contributed by atoms with van der Waals surface area (Å²) in [5.74, 6) is -1.21. The summed E-state index contributed by atoms with van der Waals surface area (Å²) in [7, 11) is 0. The molecule has 0 amide bonds. The first-order chi connectivity index (χ1) is 9.24. The number of fused-ring (bicyclic) bond motifs is 1. The number of carboxylic acid groups (broad SMARTS) is 1. The highest BCUT2D eigenvalue weighted by molar-refractivity contribution is 7.15. The van der Waals surface area contributed by atoms with Crippen molar-refractivity contribution in [2.75, 3.05) is 11.9 Å². The van der Waals surface area contributed by atoms with E-state index in [1.807, 2.05) is 0 Å². The summed E-state index contributed by atoms with van der Waals surface area (Å²) in [6, 6.07) is 0. The van der Waals surface area contributed by atoms with Gasteiger partial charge in [0.1, 0.15) is 5.92 Å². The number of anilines is 1. The van der Waals surface area contributed by atoms with Crippen LogP contribution in [0.5, 0.6) is 0 Å². The van der Waals surface area contributed by atoms with Gasteiger partial charge in [-0.15, -0.1) is 16.4 Å². The average molecular weight is 279 g/mol. The molecule has 0 saturated heterocycles. The standard InChI is InChI=1S/C11H13N5O2S/c17-10(18)7-1-2-8-9(7)14-11(19-8)12-3-5-16-6-4-13-15-16/h4,6-7H,1-3,5H2,(H,12,14)(H,17,18). The smallest absolute Gasteiger partial charge is 0.312 e. The summed E-state index contributed by atoms with van der Waals surface area (Å²) in [6.07, 6.45) is 4.91. The highest BCUT2D eigenvalue weighted by atomic mass is 32.1. The number of thiazole rings is 1. The summed E-state index contributed by atoms with van der Waals surface area (Å²) >= 11 is 1.55. The Balaban J connectivity index is 1.61. The molecule has 0 bridgehead atoms. The van der Waals surface area contributed by atoms with Crippen LogP contribution in [0.2, 0.25) is 0 Å². The number of hydrogen-bond donors (Lipinski definition) is 2. The number of nitrogens with zero attached hydrogens (tertiary/aromatic N) is 4. The molecule has 0 aromatic carbocycles. The maximum Gasteiger partial charge on any atom is 0.312 e. The Labute approximate surface area is 113 Å². The van der Waals surface area contributed by atoms with Crippen LogP contribution in [0.1, 0.15) is 22.9 Å². The van der Waals surface area contributed by atoms with Crippen LogP contribution in [-0.4, -0.2) is 37.6 Å². The van der Waals surface area contributed by atoms with Gasteiger partial charge in [-0.05, 0) is 12.8 Å². The molecule has 1 atom stereocenters. The molecule has 0 aliphatic heterocycles.